The van der Waals surface area contributed by atoms with Crippen LogP contribution in [0.1, 0.15) is 0 Å². The molecule has 3 heteroatoms. The molecule has 0 atom stereocenters. The molecule has 1 aromatic carbocycles. The van der Waals surface area contributed by atoms with Crippen molar-refractivity contribution in [3.8, 4) is 17.0 Å². The normalized spacial score (nSPS) is 10.5. The van der Waals surface area contributed by atoms with E-state index in [1.54, 1.807) is 7.11 Å². The summed E-state index contributed by atoms with van der Waals surface area (Å²) < 4.78 is 7.14. The average Bonchev–Trinajstić information content (AvgIpc) is 2.47. The zero-order valence-corrected chi connectivity index (χ0v) is 10.1. The van der Waals surface area contributed by atoms with Crippen molar-refractivity contribution in [2.24, 2.45) is 0 Å². The van der Waals surface area contributed by atoms with Gasteiger partial charge in [-0.25, -0.2) is 4.40 Å². The SMILES string of the molecule is COc1ccc(-c2cc[n+]3ccccc3n2)cc1. The topological polar surface area (TPSA) is 26.2 Å². The molecule has 0 saturated heterocycles. The highest BCUT2D eigenvalue weighted by molar-refractivity contribution is 5.61. The predicted octanol–water partition coefficient (Wildman–Crippen LogP) is 2.50. The predicted molar refractivity (Wildman–Crippen MR) is 69.4 cm³/mol. The molecule has 0 amide bonds. The van der Waals surface area contributed by atoms with Crippen LogP contribution in [0.3, 0.4) is 0 Å². The maximum absolute atomic E-state index is 5.15. The van der Waals surface area contributed by atoms with Crippen LogP contribution in [-0.4, -0.2) is 12.1 Å². The van der Waals surface area contributed by atoms with Gasteiger partial charge in [0.05, 0.1) is 13.3 Å². The number of rotatable bonds is 2. The number of hydrogen-bond acceptors (Lipinski definition) is 2. The number of ether oxygens (including phenoxy) is 1. The first-order chi connectivity index (χ1) is 8.86. The Kier molecular flexibility index (Phi) is 2.65. The molecule has 3 nitrogen and oxygen atoms in total. The maximum Gasteiger partial charge on any atom is 0.328 e. The van der Waals surface area contributed by atoms with E-state index in [1.807, 2.05) is 65.3 Å². The van der Waals surface area contributed by atoms with E-state index in [-0.39, 0.29) is 0 Å². The number of nitrogens with zero attached hydrogens (tertiary/aromatic N) is 2. The van der Waals surface area contributed by atoms with Crippen molar-refractivity contribution < 1.29 is 9.14 Å². The highest BCUT2D eigenvalue weighted by atomic mass is 16.5. The summed E-state index contributed by atoms with van der Waals surface area (Å²) in [6, 6.07) is 15.9. The standard InChI is InChI=1S/C15H13N2O/c1-18-13-7-5-12(6-8-13)14-9-11-17-10-3-2-4-15(17)16-14/h2-11H,1H3/q+1. The molecule has 88 valence electrons. The molecule has 0 N–H and O–H groups in total. The fourth-order valence-corrected chi connectivity index (χ4v) is 1.90. The third kappa shape index (κ3) is 1.91. The van der Waals surface area contributed by atoms with Crippen LogP contribution in [0.15, 0.2) is 60.9 Å². The highest BCUT2D eigenvalue weighted by Gasteiger charge is 2.08. The fourth-order valence-electron chi connectivity index (χ4n) is 1.90. The Morgan fingerprint density at radius 2 is 1.78 bits per heavy atom. The molecule has 3 aromatic rings. The van der Waals surface area contributed by atoms with E-state index in [0.717, 1.165) is 22.7 Å². The number of benzene rings is 1. The number of methoxy groups -OCH3 is 1. The Bertz CT molecular complexity index is 677. The summed E-state index contributed by atoms with van der Waals surface area (Å²) >= 11 is 0. The number of fused-ring (bicyclic) bond motifs is 1. The zero-order valence-electron chi connectivity index (χ0n) is 10.1. The van der Waals surface area contributed by atoms with Gasteiger partial charge < -0.3 is 4.74 Å². The molecule has 0 aliphatic heterocycles. The largest absolute Gasteiger partial charge is 0.497 e. The van der Waals surface area contributed by atoms with Gasteiger partial charge in [-0.1, -0.05) is 6.07 Å². The smallest absolute Gasteiger partial charge is 0.328 e. The fraction of sp³-hybridized carbons (Fsp3) is 0.0667. The van der Waals surface area contributed by atoms with Gasteiger partial charge in [-0.15, -0.1) is 0 Å². The van der Waals surface area contributed by atoms with Crippen molar-refractivity contribution in [3.05, 3.63) is 60.9 Å². The van der Waals surface area contributed by atoms with E-state index < -0.39 is 0 Å². The molecule has 18 heavy (non-hydrogen) atoms. The quantitative estimate of drug-likeness (QED) is 0.640. The average molecular weight is 237 g/mol. The summed E-state index contributed by atoms with van der Waals surface area (Å²) in [6.45, 7) is 0. The van der Waals surface area contributed by atoms with Crippen molar-refractivity contribution >= 4 is 5.65 Å². The van der Waals surface area contributed by atoms with Crippen LogP contribution in [0.25, 0.3) is 16.9 Å². The zero-order chi connectivity index (χ0) is 12.4. The lowest BCUT2D eigenvalue weighted by atomic mass is 10.1. The molecule has 0 saturated carbocycles. The molecule has 0 aliphatic carbocycles. The summed E-state index contributed by atoms with van der Waals surface area (Å²) in [5.74, 6) is 0.855. The minimum absolute atomic E-state index is 0.855. The first-order valence-electron chi connectivity index (χ1n) is 5.78. The second-order valence-electron chi connectivity index (χ2n) is 4.01. The first kappa shape index (κ1) is 10.7. The minimum Gasteiger partial charge on any atom is -0.497 e. The molecule has 0 spiro atoms. The summed E-state index contributed by atoms with van der Waals surface area (Å²) in [5, 5.41) is 0. The van der Waals surface area contributed by atoms with Gasteiger partial charge in [0.15, 0.2) is 5.69 Å². The van der Waals surface area contributed by atoms with Crippen molar-refractivity contribution in [2.45, 2.75) is 0 Å². The van der Waals surface area contributed by atoms with Gasteiger partial charge in [0.2, 0.25) is 0 Å². The molecule has 0 radical (unpaired) electrons. The van der Waals surface area contributed by atoms with Gasteiger partial charge in [-0.2, -0.15) is 0 Å². The van der Waals surface area contributed by atoms with Crippen LogP contribution in [-0.2, 0) is 0 Å². The van der Waals surface area contributed by atoms with Crippen molar-refractivity contribution in [1.29, 1.82) is 0 Å². The summed E-state index contributed by atoms with van der Waals surface area (Å²) in [7, 11) is 1.67. The van der Waals surface area contributed by atoms with Gasteiger partial charge in [-0.05, 0) is 35.3 Å². The molecular weight excluding hydrogens is 224 g/mol. The molecule has 2 aromatic heterocycles. The van der Waals surface area contributed by atoms with Crippen molar-refractivity contribution in [3.63, 3.8) is 0 Å². The van der Waals surface area contributed by atoms with Gasteiger partial charge in [0, 0.05) is 17.7 Å². The van der Waals surface area contributed by atoms with Crippen LogP contribution in [0.4, 0.5) is 0 Å². The Balaban J connectivity index is 2.07. The Labute approximate surface area is 105 Å². The molecule has 0 unspecified atom stereocenters. The first-order valence-corrected chi connectivity index (χ1v) is 5.78. The number of pyridine rings is 1. The summed E-state index contributed by atoms with van der Waals surface area (Å²) in [6.07, 6.45) is 4.00. The summed E-state index contributed by atoms with van der Waals surface area (Å²) in [4.78, 5) is 4.62. The van der Waals surface area contributed by atoms with Gasteiger partial charge in [-0.3, -0.25) is 0 Å². The molecule has 0 bridgehead atoms. The van der Waals surface area contributed by atoms with Crippen LogP contribution < -0.4 is 9.14 Å². The lowest BCUT2D eigenvalue weighted by Gasteiger charge is -2.00. The van der Waals surface area contributed by atoms with E-state index in [1.165, 1.54) is 0 Å². The van der Waals surface area contributed by atoms with Crippen LogP contribution in [0.5, 0.6) is 5.75 Å². The van der Waals surface area contributed by atoms with E-state index in [9.17, 15) is 0 Å². The maximum atomic E-state index is 5.15. The van der Waals surface area contributed by atoms with Crippen LogP contribution >= 0.6 is 0 Å². The minimum atomic E-state index is 0.855. The van der Waals surface area contributed by atoms with E-state index in [4.69, 9.17) is 4.74 Å². The van der Waals surface area contributed by atoms with Crippen molar-refractivity contribution in [1.82, 2.24) is 4.98 Å². The number of aromatic nitrogens is 2. The van der Waals surface area contributed by atoms with Gasteiger partial charge >= 0.3 is 5.65 Å². The molecule has 2 heterocycles. The Morgan fingerprint density at radius 3 is 2.56 bits per heavy atom. The Morgan fingerprint density at radius 1 is 0.944 bits per heavy atom. The van der Waals surface area contributed by atoms with Gasteiger partial charge in [0.1, 0.15) is 11.9 Å². The van der Waals surface area contributed by atoms with E-state index >= 15 is 0 Å². The number of hydrogen-bond donors (Lipinski definition) is 0. The summed E-state index contributed by atoms with van der Waals surface area (Å²) in [5.41, 5.74) is 2.98. The lowest BCUT2D eigenvalue weighted by molar-refractivity contribution is -0.514. The monoisotopic (exact) mass is 237 g/mol. The molecular formula is C15H13N2O+. The Hall–Kier alpha value is -2.42. The van der Waals surface area contributed by atoms with Gasteiger partial charge in [0.25, 0.3) is 0 Å². The molecule has 0 aliphatic rings. The molecule has 0 fully saturated rings. The van der Waals surface area contributed by atoms with Crippen LogP contribution in [0.2, 0.25) is 0 Å². The van der Waals surface area contributed by atoms with E-state index in [0.29, 0.717) is 0 Å². The third-order valence-corrected chi connectivity index (χ3v) is 2.88. The second kappa shape index (κ2) is 4.45. The second-order valence-corrected chi connectivity index (χ2v) is 4.01. The van der Waals surface area contributed by atoms with Crippen LogP contribution in [0, 0.1) is 0 Å². The molecule has 3 rings (SSSR count). The van der Waals surface area contributed by atoms with E-state index in [2.05, 4.69) is 4.98 Å². The highest BCUT2D eigenvalue weighted by Crippen LogP contribution is 2.20. The third-order valence-electron chi connectivity index (χ3n) is 2.88. The lowest BCUT2D eigenvalue weighted by Crippen LogP contribution is -2.21. The van der Waals surface area contributed by atoms with Crippen molar-refractivity contribution in [2.75, 3.05) is 7.11 Å².